The van der Waals surface area contributed by atoms with Gasteiger partial charge < -0.3 is 10.1 Å². The van der Waals surface area contributed by atoms with E-state index in [1.807, 2.05) is 0 Å². The molecule has 0 fully saturated rings. The predicted octanol–water partition coefficient (Wildman–Crippen LogP) is 2.17. The van der Waals surface area contributed by atoms with Crippen molar-refractivity contribution < 1.29 is 9.53 Å². The van der Waals surface area contributed by atoms with Crippen LogP contribution in [-0.4, -0.2) is 5.91 Å². The van der Waals surface area contributed by atoms with Gasteiger partial charge in [0.05, 0.1) is 6.26 Å². The average molecular weight is 177 g/mol. The molecule has 0 bridgehead atoms. The largest absolute Gasteiger partial charge is 0.466 e. The fraction of sp³-hybridized carbons (Fsp3) is 0.100. The normalized spacial score (nSPS) is 9.00. The third-order valence-corrected chi connectivity index (χ3v) is 1.37. The molecule has 0 atom stereocenters. The Hall–Kier alpha value is -1.77. The van der Waals surface area contributed by atoms with E-state index < -0.39 is 0 Å². The highest BCUT2D eigenvalue weighted by molar-refractivity contribution is 5.88. The molecule has 0 unspecified atom stereocenters. The van der Waals surface area contributed by atoms with Gasteiger partial charge in [-0.05, 0) is 12.1 Å². The highest BCUT2D eigenvalue weighted by Gasteiger charge is 1.96. The minimum atomic E-state index is -0.101. The van der Waals surface area contributed by atoms with Gasteiger partial charge in [-0.2, -0.15) is 0 Å². The molecule has 0 saturated carbocycles. The summed E-state index contributed by atoms with van der Waals surface area (Å²) in [4.78, 5) is 10.7. The van der Waals surface area contributed by atoms with Crippen LogP contribution in [0.2, 0.25) is 0 Å². The fourth-order valence-electron chi connectivity index (χ4n) is 0.947. The summed E-state index contributed by atoms with van der Waals surface area (Å²) in [6, 6.07) is 7.09. The lowest BCUT2D eigenvalue weighted by Gasteiger charge is -2.03. The zero-order chi connectivity index (χ0) is 9.68. The van der Waals surface area contributed by atoms with Crippen LogP contribution >= 0.6 is 0 Å². The van der Waals surface area contributed by atoms with E-state index in [0.717, 1.165) is 0 Å². The number of benzene rings is 1. The van der Waals surface area contributed by atoms with Crippen molar-refractivity contribution in [3.63, 3.8) is 0 Å². The molecule has 68 valence electrons. The molecule has 1 aromatic carbocycles. The summed E-state index contributed by atoms with van der Waals surface area (Å²) < 4.78 is 5.04. The SMILES string of the molecule is C=COc1cccc(NC(C)=O)c1. The summed E-state index contributed by atoms with van der Waals surface area (Å²) in [6.45, 7) is 4.90. The van der Waals surface area contributed by atoms with E-state index in [1.54, 1.807) is 24.3 Å². The van der Waals surface area contributed by atoms with Crippen molar-refractivity contribution in [1.82, 2.24) is 0 Å². The molecule has 1 amide bonds. The lowest BCUT2D eigenvalue weighted by molar-refractivity contribution is -0.114. The van der Waals surface area contributed by atoms with Crippen LogP contribution in [0.25, 0.3) is 0 Å². The summed E-state index contributed by atoms with van der Waals surface area (Å²) in [5.41, 5.74) is 0.715. The number of hydrogen-bond donors (Lipinski definition) is 1. The van der Waals surface area contributed by atoms with E-state index in [2.05, 4.69) is 11.9 Å². The van der Waals surface area contributed by atoms with Gasteiger partial charge in [-0.3, -0.25) is 4.79 Å². The highest BCUT2D eigenvalue weighted by atomic mass is 16.5. The molecule has 0 saturated heterocycles. The monoisotopic (exact) mass is 177 g/mol. The molecule has 0 aliphatic heterocycles. The zero-order valence-electron chi connectivity index (χ0n) is 7.41. The first-order valence-corrected chi connectivity index (χ1v) is 3.87. The van der Waals surface area contributed by atoms with E-state index >= 15 is 0 Å². The summed E-state index contributed by atoms with van der Waals surface area (Å²) >= 11 is 0. The highest BCUT2D eigenvalue weighted by Crippen LogP contribution is 2.17. The van der Waals surface area contributed by atoms with Gasteiger partial charge in [-0.25, -0.2) is 0 Å². The Morgan fingerprint density at radius 3 is 3.00 bits per heavy atom. The summed E-state index contributed by atoms with van der Waals surface area (Å²) in [5, 5.41) is 2.65. The smallest absolute Gasteiger partial charge is 0.221 e. The number of nitrogens with one attached hydrogen (secondary N) is 1. The van der Waals surface area contributed by atoms with Crippen LogP contribution in [0.3, 0.4) is 0 Å². The van der Waals surface area contributed by atoms with Gasteiger partial charge in [0.25, 0.3) is 0 Å². The minimum absolute atomic E-state index is 0.101. The lowest BCUT2D eigenvalue weighted by atomic mass is 10.3. The molecule has 13 heavy (non-hydrogen) atoms. The minimum Gasteiger partial charge on any atom is -0.466 e. The van der Waals surface area contributed by atoms with Crippen LogP contribution in [0.15, 0.2) is 37.1 Å². The number of carbonyl (C=O) groups excluding carboxylic acids is 1. The van der Waals surface area contributed by atoms with Crippen molar-refractivity contribution in [2.45, 2.75) is 6.92 Å². The molecule has 0 heterocycles. The van der Waals surface area contributed by atoms with Crippen LogP contribution in [0.4, 0.5) is 5.69 Å². The second-order valence-electron chi connectivity index (χ2n) is 2.49. The van der Waals surface area contributed by atoms with Crippen molar-refractivity contribution in [3.05, 3.63) is 37.1 Å². The summed E-state index contributed by atoms with van der Waals surface area (Å²) in [5.74, 6) is 0.553. The number of hydrogen-bond acceptors (Lipinski definition) is 2. The number of ether oxygens (including phenoxy) is 1. The Morgan fingerprint density at radius 1 is 1.62 bits per heavy atom. The van der Waals surface area contributed by atoms with Crippen LogP contribution in [0.1, 0.15) is 6.92 Å². The number of carbonyl (C=O) groups is 1. The second-order valence-corrected chi connectivity index (χ2v) is 2.49. The predicted molar refractivity (Wildman–Crippen MR) is 51.6 cm³/mol. The molecule has 0 aliphatic carbocycles. The Morgan fingerprint density at radius 2 is 2.38 bits per heavy atom. The van der Waals surface area contributed by atoms with Gasteiger partial charge in [-0.15, -0.1) is 0 Å². The number of rotatable bonds is 3. The van der Waals surface area contributed by atoms with Gasteiger partial charge in [0.15, 0.2) is 0 Å². The molecule has 0 aromatic heterocycles. The molecule has 0 radical (unpaired) electrons. The van der Waals surface area contributed by atoms with E-state index in [-0.39, 0.29) is 5.91 Å². The van der Waals surface area contributed by atoms with E-state index in [4.69, 9.17) is 4.74 Å². The third kappa shape index (κ3) is 2.99. The van der Waals surface area contributed by atoms with Crippen molar-refractivity contribution >= 4 is 11.6 Å². The fourth-order valence-corrected chi connectivity index (χ4v) is 0.947. The van der Waals surface area contributed by atoms with Gasteiger partial charge in [0, 0.05) is 18.7 Å². The number of amides is 1. The Kier molecular flexibility index (Phi) is 3.09. The molecule has 0 spiro atoms. The van der Waals surface area contributed by atoms with Crippen molar-refractivity contribution in [2.24, 2.45) is 0 Å². The first kappa shape index (κ1) is 9.32. The van der Waals surface area contributed by atoms with E-state index in [9.17, 15) is 4.79 Å². The molecular weight excluding hydrogens is 166 g/mol. The van der Waals surface area contributed by atoms with Gasteiger partial charge in [0.2, 0.25) is 5.91 Å². The van der Waals surface area contributed by atoms with Crippen LogP contribution in [-0.2, 0) is 4.79 Å². The average Bonchev–Trinajstić information content (AvgIpc) is 2.04. The van der Waals surface area contributed by atoms with E-state index in [0.29, 0.717) is 11.4 Å². The summed E-state index contributed by atoms with van der Waals surface area (Å²) in [6.07, 6.45) is 1.34. The lowest BCUT2D eigenvalue weighted by Crippen LogP contribution is -2.05. The standard InChI is InChI=1S/C10H11NO2/c1-3-13-10-6-4-5-9(7-10)11-8(2)12/h3-7H,1H2,2H3,(H,11,12). The first-order valence-electron chi connectivity index (χ1n) is 3.87. The van der Waals surface area contributed by atoms with Crippen LogP contribution in [0.5, 0.6) is 5.75 Å². The van der Waals surface area contributed by atoms with Gasteiger partial charge in [0.1, 0.15) is 5.75 Å². The Bertz CT molecular complexity index is 320. The third-order valence-electron chi connectivity index (χ3n) is 1.37. The van der Waals surface area contributed by atoms with E-state index in [1.165, 1.54) is 13.2 Å². The van der Waals surface area contributed by atoms with Crippen molar-refractivity contribution in [3.8, 4) is 5.75 Å². The van der Waals surface area contributed by atoms with Crippen molar-refractivity contribution in [1.29, 1.82) is 0 Å². The topological polar surface area (TPSA) is 38.3 Å². The maximum Gasteiger partial charge on any atom is 0.221 e. The molecule has 1 rings (SSSR count). The number of anilines is 1. The quantitative estimate of drug-likeness (QED) is 0.718. The zero-order valence-corrected chi connectivity index (χ0v) is 7.41. The first-order chi connectivity index (χ1) is 6.22. The maximum atomic E-state index is 10.7. The molecule has 0 aliphatic rings. The summed E-state index contributed by atoms with van der Waals surface area (Å²) in [7, 11) is 0. The second kappa shape index (κ2) is 4.30. The molecular formula is C10H11NO2. The molecule has 1 aromatic rings. The van der Waals surface area contributed by atoms with Gasteiger partial charge >= 0.3 is 0 Å². The van der Waals surface area contributed by atoms with Gasteiger partial charge in [-0.1, -0.05) is 12.6 Å². The Balaban J connectivity index is 2.78. The maximum absolute atomic E-state index is 10.7. The molecule has 3 nitrogen and oxygen atoms in total. The Labute approximate surface area is 77.0 Å². The molecule has 3 heteroatoms. The molecule has 1 N–H and O–H groups in total. The van der Waals surface area contributed by atoms with Crippen LogP contribution in [0, 0.1) is 0 Å². The van der Waals surface area contributed by atoms with Crippen LogP contribution < -0.4 is 10.1 Å². The van der Waals surface area contributed by atoms with Crippen molar-refractivity contribution in [2.75, 3.05) is 5.32 Å².